The van der Waals surface area contributed by atoms with Crippen molar-refractivity contribution in [2.24, 2.45) is 11.8 Å². The second kappa shape index (κ2) is 5.58. The normalized spacial score (nSPS) is 25.4. The second-order valence-electron chi connectivity index (χ2n) is 4.30. The molecular weight excluding hydrogens is 164 g/mol. The predicted octanol–water partition coefficient (Wildman–Crippen LogP) is 0.202. The molecule has 3 N–H and O–H groups in total. The molecule has 0 aromatic carbocycles. The van der Waals surface area contributed by atoms with Gasteiger partial charge in [0.15, 0.2) is 0 Å². The Labute approximate surface area is 80.9 Å². The van der Waals surface area contributed by atoms with Crippen molar-refractivity contribution in [2.45, 2.75) is 26.3 Å². The van der Waals surface area contributed by atoms with Gasteiger partial charge in [0.05, 0.1) is 6.61 Å². The van der Waals surface area contributed by atoms with Gasteiger partial charge in [-0.1, -0.05) is 13.8 Å². The fraction of sp³-hybridized carbons (Fsp3) is 1.00. The SMILES string of the molecule is CC(C)[C@@H](CO)NCC1CCNC1. The van der Waals surface area contributed by atoms with Gasteiger partial charge in [-0.15, -0.1) is 0 Å². The van der Waals surface area contributed by atoms with Crippen LogP contribution in [0.2, 0.25) is 0 Å². The highest BCUT2D eigenvalue weighted by Gasteiger charge is 2.17. The zero-order valence-electron chi connectivity index (χ0n) is 8.71. The maximum absolute atomic E-state index is 9.09. The lowest BCUT2D eigenvalue weighted by atomic mass is 10.0. The molecule has 1 aliphatic heterocycles. The monoisotopic (exact) mass is 186 g/mol. The summed E-state index contributed by atoms with van der Waals surface area (Å²) in [5, 5.41) is 15.9. The molecule has 78 valence electrons. The van der Waals surface area contributed by atoms with Crippen molar-refractivity contribution in [3.63, 3.8) is 0 Å². The zero-order valence-corrected chi connectivity index (χ0v) is 8.71. The first-order valence-corrected chi connectivity index (χ1v) is 5.29. The average molecular weight is 186 g/mol. The van der Waals surface area contributed by atoms with E-state index >= 15 is 0 Å². The van der Waals surface area contributed by atoms with E-state index in [1.165, 1.54) is 6.42 Å². The van der Waals surface area contributed by atoms with E-state index in [0.29, 0.717) is 5.92 Å². The maximum atomic E-state index is 9.09. The molecule has 1 rings (SSSR count). The molecule has 0 spiro atoms. The highest BCUT2D eigenvalue weighted by atomic mass is 16.3. The molecule has 3 nitrogen and oxygen atoms in total. The van der Waals surface area contributed by atoms with E-state index in [-0.39, 0.29) is 12.6 Å². The standard InChI is InChI=1S/C10H22N2O/c1-8(2)10(7-13)12-6-9-3-4-11-5-9/h8-13H,3-7H2,1-2H3/t9?,10-/m1/s1. The van der Waals surface area contributed by atoms with E-state index < -0.39 is 0 Å². The van der Waals surface area contributed by atoms with Crippen molar-refractivity contribution in [3.8, 4) is 0 Å². The molecule has 0 aliphatic carbocycles. The minimum absolute atomic E-state index is 0.248. The molecule has 0 bridgehead atoms. The Bertz CT molecular complexity index is 133. The number of nitrogens with one attached hydrogen (secondary N) is 2. The number of hydrogen-bond acceptors (Lipinski definition) is 3. The van der Waals surface area contributed by atoms with E-state index in [1.807, 2.05) is 0 Å². The van der Waals surface area contributed by atoms with Gasteiger partial charge in [0.25, 0.3) is 0 Å². The smallest absolute Gasteiger partial charge is 0.0587 e. The van der Waals surface area contributed by atoms with Crippen LogP contribution in [0.25, 0.3) is 0 Å². The van der Waals surface area contributed by atoms with Gasteiger partial charge in [-0.2, -0.15) is 0 Å². The molecular formula is C10H22N2O. The molecule has 0 aromatic heterocycles. The predicted molar refractivity (Wildman–Crippen MR) is 54.7 cm³/mol. The number of aliphatic hydroxyl groups excluding tert-OH is 1. The van der Waals surface area contributed by atoms with Crippen LogP contribution in [0.5, 0.6) is 0 Å². The third-order valence-corrected chi connectivity index (χ3v) is 2.83. The summed E-state index contributed by atoms with van der Waals surface area (Å²) in [7, 11) is 0. The van der Waals surface area contributed by atoms with Gasteiger partial charge >= 0.3 is 0 Å². The molecule has 0 radical (unpaired) electrons. The maximum Gasteiger partial charge on any atom is 0.0587 e. The lowest BCUT2D eigenvalue weighted by Gasteiger charge is -2.21. The lowest BCUT2D eigenvalue weighted by molar-refractivity contribution is 0.206. The average Bonchev–Trinajstić information content (AvgIpc) is 2.57. The second-order valence-corrected chi connectivity index (χ2v) is 4.30. The number of aliphatic hydroxyl groups is 1. The van der Waals surface area contributed by atoms with Crippen LogP contribution >= 0.6 is 0 Å². The molecule has 1 saturated heterocycles. The minimum Gasteiger partial charge on any atom is -0.395 e. The fourth-order valence-corrected chi connectivity index (χ4v) is 1.72. The van der Waals surface area contributed by atoms with Crippen molar-refractivity contribution in [1.82, 2.24) is 10.6 Å². The summed E-state index contributed by atoms with van der Waals surface area (Å²) in [6.07, 6.45) is 1.27. The molecule has 0 aromatic rings. The van der Waals surface area contributed by atoms with Gasteiger partial charge in [0.2, 0.25) is 0 Å². The van der Waals surface area contributed by atoms with Crippen molar-refractivity contribution >= 4 is 0 Å². The minimum atomic E-state index is 0.248. The van der Waals surface area contributed by atoms with Crippen LogP contribution in [0.3, 0.4) is 0 Å². The van der Waals surface area contributed by atoms with Gasteiger partial charge in [-0.05, 0) is 37.9 Å². The third kappa shape index (κ3) is 3.63. The van der Waals surface area contributed by atoms with E-state index in [9.17, 15) is 0 Å². The molecule has 1 fully saturated rings. The first-order valence-electron chi connectivity index (χ1n) is 5.29. The van der Waals surface area contributed by atoms with Crippen molar-refractivity contribution < 1.29 is 5.11 Å². The van der Waals surface area contributed by atoms with Crippen LogP contribution in [0, 0.1) is 11.8 Å². The van der Waals surface area contributed by atoms with E-state index in [1.54, 1.807) is 0 Å². The van der Waals surface area contributed by atoms with Gasteiger partial charge in [0, 0.05) is 6.04 Å². The van der Waals surface area contributed by atoms with E-state index in [0.717, 1.165) is 25.6 Å². The first kappa shape index (κ1) is 11.0. The molecule has 1 unspecified atom stereocenters. The summed E-state index contributed by atoms with van der Waals surface area (Å²) < 4.78 is 0. The van der Waals surface area contributed by atoms with Crippen LogP contribution in [0.1, 0.15) is 20.3 Å². The number of hydrogen-bond donors (Lipinski definition) is 3. The molecule has 1 aliphatic rings. The molecule has 0 saturated carbocycles. The highest BCUT2D eigenvalue weighted by molar-refractivity contribution is 4.76. The van der Waals surface area contributed by atoms with Gasteiger partial charge in [0.1, 0.15) is 0 Å². The van der Waals surface area contributed by atoms with Crippen molar-refractivity contribution in [1.29, 1.82) is 0 Å². The third-order valence-electron chi connectivity index (χ3n) is 2.83. The highest BCUT2D eigenvalue weighted by Crippen LogP contribution is 2.07. The van der Waals surface area contributed by atoms with Crippen molar-refractivity contribution in [3.05, 3.63) is 0 Å². The Morgan fingerprint density at radius 3 is 2.77 bits per heavy atom. The van der Waals surface area contributed by atoms with Crippen molar-refractivity contribution in [2.75, 3.05) is 26.2 Å². The largest absolute Gasteiger partial charge is 0.395 e. The summed E-state index contributed by atoms with van der Waals surface area (Å²) in [5.41, 5.74) is 0. The Balaban J connectivity index is 2.15. The van der Waals surface area contributed by atoms with Crippen LogP contribution in [0.4, 0.5) is 0 Å². The summed E-state index contributed by atoms with van der Waals surface area (Å²) >= 11 is 0. The Morgan fingerprint density at radius 2 is 2.31 bits per heavy atom. The van der Waals surface area contributed by atoms with Crippen LogP contribution in [-0.2, 0) is 0 Å². The van der Waals surface area contributed by atoms with Crippen LogP contribution in [0.15, 0.2) is 0 Å². The zero-order chi connectivity index (χ0) is 9.68. The van der Waals surface area contributed by atoms with Gasteiger partial charge in [-0.3, -0.25) is 0 Å². The Morgan fingerprint density at radius 1 is 1.54 bits per heavy atom. The van der Waals surface area contributed by atoms with E-state index in [2.05, 4.69) is 24.5 Å². The van der Waals surface area contributed by atoms with Crippen LogP contribution < -0.4 is 10.6 Å². The van der Waals surface area contributed by atoms with Gasteiger partial charge < -0.3 is 15.7 Å². The Kier molecular flexibility index (Phi) is 4.70. The molecule has 1 heterocycles. The lowest BCUT2D eigenvalue weighted by Crippen LogP contribution is -2.40. The van der Waals surface area contributed by atoms with Crippen LogP contribution in [-0.4, -0.2) is 37.4 Å². The number of rotatable bonds is 5. The quantitative estimate of drug-likeness (QED) is 0.575. The topological polar surface area (TPSA) is 44.3 Å². The molecule has 2 atom stereocenters. The first-order chi connectivity index (χ1) is 6.24. The molecule has 0 amide bonds. The summed E-state index contributed by atoms with van der Waals surface area (Å²) in [6, 6.07) is 0.264. The molecule has 13 heavy (non-hydrogen) atoms. The summed E-state index contributed by atoms with van der Waals surface area (Å²) in [6.45, 7) is 7.84. The fourth-order valence-electron chi connectivity index (χ4n) is 1.72. The Hall–Kier alpha value is -0.120. The summed E-state index contributed by atoms with van der Waals surface area (Å²) in [4.78, 5) is 0. The van der Waals surface area contributed by atoms with Gasteiger partial charge in [-0.25, -0.2) is 0 Å². The molecule has 3 heteroatoms. The van der Waals surface area contributed by atoms with E-state index in [4.69, 9.17) is 5.11 Å². The summed E-state index contributed by atoms with van der Waals surface area (Å²) in [5.74, 6) is 1.27.